The van der Waals surface area contributed by atoms with Gasteiger partial charge in [0.1, 0.15) is 11.9 Å². The van der Waals surface area contributed by atoms with Crippen molar-refractivity contribution in [3.05, 3.63) is 84.9 Å². The molecule has 0 bridgehead atoms. The molecule has 3 unspecified atom stereocenters. The lowest BCUT2D eigenvalue weighted by Crippen LogP contribution is -2.34. The van der Waals surface area contributed by atoms with Crippen LogP contribution in [0.5, 0.6) is 5.75 Å². The van der Waals surface area contributed by atoms with Crippen LogP contribution in [-0.4, -0.2) is 18.7 Å². The van der Waals surface area contributed by atoms with Crippen LogP contribution in [0.3, 0.4) is 0 Å². The summed E-state index contributed by atoms with van der Waals surface area (Å²) in [6.45, 7) is -0.0347. The first-order valence-electron chi connectivity index (χ1n) is 12.5. The van der Waals surface area contributed by atoms with Gasteiger partial charge in [-0.25, -0.2) is 4.79 Å². The molecule has 176 valence electrons. The van der Waals surface area contributed by atoms with Crippen LogP contribution in [0.4, 0.5) is 0 Å². The zero-order valence-corrected chi connectivity index (χ0v) is 20.4. The van der Waals surface area contributed by atoms with E-state index in [1.54, 1.807) is 0 Å². The second-order valence-electron chi connectivity index (χ2n) is 9.42. The molecular weight excluding hydrogens is 440 g/mol. The van der Waals surface area contributed by atoms with Gasteiger partial charge in [-0.05, 0) is 79.6 Å². The first kappa shape index (κ1) is 23.0. The molecule has 5 rings (SSSR count). The molecule has 34 heavy (non-hydrogen) atoms. The molecule has 0 heterocycles. The lowest BCUT2D eigenvalue weighted by Gasteiger charge is -2.38. The number of ether oxygens (including phenoxy) is 2. The minimum absolute atomic E-state index is 0.0347. The van der Waals surface area contributed by atoms with Crippen molar-refractivity contribution in [2.75, 3.05) is 6.61 Å². The van der Waals surface area contributed by atoms with E-state index in [0.717, 1.165) is 24.7 Å². The van der Waals surface area contributed by atoms with Gasteiger partial charge >= 0.3 is 5.97 Å². The second kappa shape index (κ2) is 11.1. The summed E-state index contributed by atoms with van der Waals surface area (Å²) in [5, 5.41) is 0. The second-order valence-corrected chi connectivity index (χ2v) is 11.4. The van der Waals surface area contributed by atoms with Crippen molar-refractivity contribution < 1.29 is 14.3 Å². The van der Waals surface area contributed by atoms with E-state index in [2.05, 4.69) is 60.7 Å². The monoisotopic (exact) mass is 473 g/mol. The Kier molecular flexibility index (Phi) is 7.55. The summed E-state index contributed by atoms with van der Waals surface area (Å²) in [7, 11) is -0.191. The molecule has 3 atom stereocenters. The maximum atomic E-state index is 12.4. The van der Waals surface area contributed by atoms with E-state index in [9.17, 15) is 4.79 Å². The minimum atomic E-state index is -0.253. The predicted molar refractivity (Wildman–Crippen MR) is 136 cm³/mol. The van der Waals surface area contributed by atoms with E-state index in [1.165, 1.54) is 46.8 Å². The van der Waals surface area contributed by atoms with Crippen molar-refractivity contribution in [2.45, 2.75) is 65.7 Å². The third kappa shape index (κ3) is 5.67. The van der Waals surface area contributed by atoms with E-state index in [-0.39, 0.29) is 29.6 Å². The van der Waals surface area contributed by atoms with Gasteiger partial charge in [-0.15, -0.1) is 0 Å². The van der Waals surface area contributed by atoms with E-state index < -0.39 is 0 Å². The van der Waals surface area contributed by atoms with Crippen LogP contribution in [0.1, 0.15) is 44.9 Å². The summed E-state index contributed by atoms with van der Waals surface area (Å²) < 4.78 is 11.6. The van der Waals surface area contributed by atoms with Crippen molar-refractivity contribution in [1.82, 2.24) is 0 Å². The van der Waals surface area contributed by atoms with Crippen LogP contribution < -0.4 is 4.74 Å². The van der Waals surface area contributed by atoms with Crippen LogP contribution in [0, 0.1) is 11.8 Å². The topological polar surface area (TPSA) is 35.5 Å². The van der Waals surface area contributed by atoms with Gasteiger partial charge in [0.2, 0.25) is 0 Å². The highest BCUT2D eigenvalue weighted by Gasteiger charge is 2.34. The molecule has 0 N–H and O–H groups in total. The fraction of sp³-hybridized carbons (Fsp3) is 0.367. The molecule has 2 aliphatic carbocycles. The van der Waals surface area contributed by atoms with Crippen molar-refractivity contribution in [1.29, 1.82) is 0 Å². The summed E-state index contributed by atoms with van der Waals surface area (Å²) in [6.07, 6.45) is 8.67. The third-order valence-electron chi connectivity index (χ3n) is 7.16. The van der Waals surface area contributed by atoms with Crippen molar-refractivity contribution in [3.8, 4) is 5.75 Å². The summed E-state index contributed by atoms with van der Waals surface area (Å²) in [5.41, 5.74) is 0. The zero-order chi connectivity index (χ0) is 23.2. The van der Waals surface area contributed by atoms with Gasteiger partial charge in [0.05, 0.1) is 10.9 Å². The van der Waals surface area contributed by atoms with E-state index >= 15 is 0 Å². The molecule has 4 heteroatoms. The number of hydrogen-bond donors (Lipinski definition) is 0. The van der Waals surface area contributed by atoms with E-state index in [1.807, 2.05) is 24.3 Å². The van der Waals surface area contributed by atoms with Gasteiger partial charge in [-0.3, -0.25) is 0 Å². The first-order chi connectivity index (χ1) is 16.8. The molecule has 0 amide bonds. The van der Waals surface area contributed by atoms with Gasteiger partial charge in [-0.2, -0.15) is 0 Å². The summed E-state index contributed by atoms with van der Waals surface area (Å²) in [4.78, 5) is 16.2. The molecule has 2 aliphatic rings. The van der Waals surface area contributed by atoms with Gasteiger partial charge < -0.3 is 9.47 Å². The molecule has 3 nitrogen and oxygen atoms in total. The molecule has 0 spiro atoms. The van der Waals surface area contributed by atoms with Crippen LogP contribution in [0.25, 0.3) is 0 Å². The normalized spacial score (nSPS) is 22.1. The Hall–Kier alpha value is -2.72. The Bertz CT molecular complexity index is 1010. The average Bonchev–Trinajstić information content (AvgIpc) is 2.90. The lowest BCUT2D eigenvalue weighted by molar-refractivity contribution is -0.154. The van der Waals surface area contributed by atoms with Gasteiger partial charge in [-0.1, -0.05) is 62.1 Å². The highest BCUT2D eigenvalue weighted by atomic mass is 32.2. The van der Waals surface area contributed by atoms with Crippen LogP contribution >= 0.6 is 0 Å². The molecule has 0 saturated heterocycles. The average molecular weight is 474 g/mol. The SMILES string of the molecule is O=C(COc1ccc([S+](c2ccccc2)c2ccccc2)cc1)OC1CCC2CCCCC2C1. The largest absolute Gasteiger partial charge is 0.482 e. The lowest BCUT2D eigenvalue weighted by atomic mass is 9.70. The van der Waals surface area contributed by atoms with Gasteiger partial charge in [0.15, 0.2) is 21.3 Å². The quantitative estimate of drug-likeness (QED) is 0.272. The molecular formula is C30H33O3S+. The molecule has 0 aromatic heterocycles. The van der Waals surface area contributed by atoms with Gasteiger partial charge in [0.25, 0.3) is 0 Å². The maximum Gasteiger partial charge on any atom is 0.344 e. The Labute approximate surface area is 205 Å². The highest BCUT2D eigenvalue weighted by Crippen LogP contribution is 2.41. The number of carbonyl (C=O) groups is 1. The minimum Gasteiger partial charge on any atom is -0.482 e. The molecule has 2 fully saturated rings. The molecule has 0 aliphatic heterocycles. The van der Waals surface area contributed by atoms with Crippen molar-refractivity contribution in [3.63, 3.8) is 0 Å². The third-order valence-corrected chi connectivity index (χ3v) is 9.39. The number of benzene rings is 3. The Morgan fingerprint density at radius 1 is 0.706 bits per heavy atom. The fourth-order valence-corrected chi connectivity index (χ4v) is 7.58. The summed E-state index contributed by atoms with van der Waals surface area (Å²) in [5.74, 6) is 2.05. The number of hydrogen-bond acceptors (Lipinski definition) is 3. The standard InChI is InChI=1S/C30H33O3S/c31-30(33-26-16-15-23-9-7-8-10-24(23)21-26)22-32-25-17-19-29(20-18-25)34(27-11-3-1-4-12-27)28-13-5-2-6-14-28/h1-6,11-14,17-20,23-24,26H,7-10,15-16,21-22H2/q+1. The van der Waals surface area contributed by atoms with Crippen LogP contribution in [0.15, 0.2) is 99.6 Å². The summed E-state index contributed by atoms with van der Waals surface area (Å²) in [6, 6.07) is 29.3. The van der Waals surface area contributed by atoms with Crippen molar-refractivity contribution >= 4 is 16.9 Å². The molecule has 0 radical (unpaired) electrons. The molecule has 2 saturated carbocycles. The van der Waals surface area contributed by atoms with E-state index in [0.29, 0.717) is 5.75 Å². The van der Waals surface area contributed by atoms with Crippen LogP contribution in [-0.2, 0) is 20.4 Å². The van der Waals surface area contributed by atoms with E-state index in [4.69, 9.17) is 9.47 Å². The zero-order valence-electron chi connectivity index (χ0n) is 19.6. The van der Waals surface area contributed by atoms with Crippen molar-refractivity contribution in [2.24, 2.45) is 11.8 Å². The molecule has 3 aromatic carbocycles. The van der Waals surface area contributed by atoms with Gasteiger partial charge in [0, 0.05) is 0 Å². The Balaban J connectivity index is 1.19. The number of fused-ring (bicyclic) bond motifs is 1. The number of carbonyl (C=O) groups excluding carboxylic acids is 1. The highest BCUT2D eigenvalue weighted by molar-refractivity contribution is 7.97. The smallest absolute Gasteiger partial charge is 0.344 e. The Morgan fingerprint density at radius 3 is 1.94 bits per heavy atom. The van der Waals surface area contributed by atoms with Crippen LogP contribution in [0.2, 0.25) is 0 Å². The number of rotatable bonds is 7. The number of esters is 1. The Morgan fingerprint density at radius 2 is 1.29 bits per heavy atom. The molecule has 3 aromatic rings. The first-order valence-corrected chi connectivity index (χ1v) is 13.8. The maximum absolute atomic E-state index is 12.4. The predicted octanol–water partition coefficient (Wildman–Crippen LogP) is 7.06. The summed E-state index contributed by atoms with van der Waals surface area (Å²) >= 11 is 0. The fourth-order valence-electron chi connectivity index (χ4n) is 5.49.